The van der Waals surface area contributed by atoms with Gasteiger partial charge in [0.25, 0.3) is 0 Å². The lowest BCUT2D eigenvalue weighted by molar-refractivity contribution is -0.158. The number of hydrogen-bond acceptors (Lipinski definition) is 7. The molecule has 4 atom stereocenters. The van der Waals surface area contributed by atoms with E-state index in [9.17, 15) is 20.1 Å². The Balaban J connectivity index is 1.97. The Morgan fingerprint density at radius 2 is 2.21 bits per heavy atom. The van der Waals surface area contributed by atoms with Crippen LogP contribution in [0.1, 0.15) is 5.56 Å². The lowest BCUT2D eigenvalue weighted by Gasteiger charge is -2.24. The van der Waals surface area contributed by atoms with E-state index in [4.69, 9.17) is 14.6 Å². The SMILES string of the molecule is COc1cccc2[nH]cc(C[C@@]3(O)C(=O)OC([C@@H](O)CO)[C@H]3O)c12. The second-order valence-corrected chi connectivity index (χ2v) is 5.86. The van der Waals surface area contributed by atoms with Crippen LogP contribution in [-0.2, 0) is 16.0 Å². The van der Waals surface area contributed by atoms with E-state index in [0.717, 1.165) is 5.52 Å². The van der Waals surface area contributed by atoms with E-state index in [2.05, 4.69) is 4.98 Å². The van der Waals surface area contributed by atoms with Crippen molar-refractivity contribution in [1.82, 2.24) is 4.98 Å². The molecule has 1 aliphatic rings. The van der Waals surface area contributed by atoms with Gasteiger partial charge in [0, 0.05) is 23.5 Å². The molecular weight excluding hydrogens is 318 g/mol. The number of rotatable bonds is 5. The number of ether oxygens (including phenoxy) is 2. The molecule has 0 radical (unpaired) electrons. The molecule has 0 amide bonds. The van der Waals surface area contributed by atoms with Crippen LogP contribution in [0.4, 0.5) is 0 Å². The van der Waals surface area contributed by atoms with Gasteiger partial charge in [0.1, 0.15) is 18.0 Å². The molecular formula is C16H19NO7. The molecule has 2 heterocycles. The minimum Gasteiger partial charge on any atom is -0.496 e. The first-order valence-corrected chi connectivity index (χ1v) is 7.45. The van der Waals surface area contributed by atoms with Crippen molar-refractivity contribution in [3.63, 3.8) is 0 Å². The molecule has 3 rings (SSSR count). The molecule has 1 aromatic carbocycles. The van der Waals surface area contributed by atoms with Crippen molar-refractivity contribution in [1.29, 1.82) is 0 Å². The third-order valence-electron chi connectivity index (χ3n) is 4.39. The van der Waals surface area contributed by atoms with Gasteiger partial charge < -0.3 is 34.9 Å². The van der Waals surface area contributed by atoms with Crippen LogP contribution in [0.15, 0.2) is 24.4 Å². The number of aromatic amines is 1. The zero-order valence-corrected chi connectivity index (χ0v) is 13.0. The number of methoxy groups -OCH3 is 1. The van der Waals surface area contributed by atoms with Crippen LogP contribution in [-0.4, -0.2) is 69.0 Å². The summed E-state index contributed by atoms with van der Waals surface area (Å²) in [5.74, 6) is -0.489. The molecule has 1 aromatic heterocycles. The first-order chi connectivity index (χ1) is 11.4. The van der Waals surface area contributed by atoms with Crippen LogP contribution in [0.25, 0.3) is 10.9 Å². The topological polar surface area (TPSA) is 132 Å². The molecule has 8 heteroatoms. The van der Waals surface area contributed by atoms with E-state index in [1.54, 1.807) is 18.3 Å². The number of aromatic nitrogens is 1. The minimum atomic E-state index is -2.23. The molecule has 0 spiro atoms. The molecule has 0 bridgehead atoms. The number of carbonyl (C=O) groups is 1. The highest BCUT2D eigenvalue weighted by molar-refractivity contribution is 5.91. The molecule has 8 nitrogen and oxygen atoms in total. The fourth-order valence-corrected chi connectivity index (χ4v) is 3.07. The van der Waals surface area contributed by atoms with Crippen molar-refractivity contribution in [3.05, 3.63) is 30.0 Å². The molecule has 24 heavy (non-hydrogen) atoms. The van der Waals surface area contributed by atoms with Gasteiger partial charge in [-0.05, 0) is 17.7 Å². The summed E-state index contributed by atoms with van der Waals surface area (Å²) in [6.45, 7) is -0.702. The van der Waals surface area contributed by atoms with Crippen molar-refractivity contribution in [3.8, 4) is 5.75 Å². The van der Waals surface area contributed by atoms with Gasteiger partial charge in [0.2, 0.25) is 0 Å². The van der Waals surface area contributed by atoms with Crippen molar-refractivity contribution in [2.45, 2.75) is 30.3 Å². The van der Waals surface area contributed by atoms with E-state index >= 15 is 0 Å². The Morgan fingerprint density at radius 3 is 2.88 bits per heavy atom. The molecule has 1 aliphatic heterocycles. The summed E-state index contributed by atoms with van der Waals surface area (Å²) < 4.78 is 10.2. The largest absolute Gasteiger partial charge is 0.496 e. The van der Waals surface area contributed by atoms with Crippen LogP contribution in [0.2, 0.25) is 0 Å². The van der Waals surface area contributed by atoms with Gasteiger partial charge in [-0.25, -0.2) is 4.79 Å². The lowest BCUT2D eigenvalue weighted by Crippen LogP contribution is -2.50. The second kappa shape index (κ2) is 6.06. The smallest absolute Gasteiger partial charge is 0.341 e. The monoisotopic (exact) mass is 337 g/mol. The quantitative estimate of drug-likeness (QED) is 0.446. The fourth-order valence-electron chi connectivity index (χ4n) is 3.07. The van der Waals surface area contributed by atoms with Crippen molar-refractivity contribution in [2.24, 2.45) is 0 Å². The Labute approximate surface area is 137 Å². The number of H-pyrrole nitrogens is 1. The first-order valence-electron chi connectivity index (χ1n) is 7.45. The number of aliphatic hydroxyl groups is 4. The fraction of sp³-hybridized carbons (Fsp3) is 0.438. The summed E-state index contributed by atoms with van der Waals surface area (Å²) in [5, 5.41) is 40.2. The van der Waals surface area contributed by atoms with Crippen molar-refractivity contribution in [2.75, 3.05) is 13.7 Å². The first kappa shape index (κ1) is 16.7. The molecule has 130 valence electrons. The minimum absolute atomic E-state index is 0.234. The number of nitrogens with one attached hydrogen (secondary N) is 1. The summed E-state index contributed by atoms with van der Waals surface area (Å²) in [5.41, 5.74) is -0.919. The molecule has 0 saturated carbocycles. The highest BCUT2D eigenvalue weighted by atomic mass is 16.6. The molecule has 1 unspecified atom stereocenters. The second-order valence-electron chi connectivity index (χ2n) is 5.86. The highest BCUT2D eigenvalue weighted by Gasteiger charge is 2.58. The Morgan fingerprint density at radius 1 is 1.46 bits per heavy atom. The normalized spacial score (nSPS) is 28.1. The van der Waals surface area contributed by atoms with Crippen LogP contribution < -0.4 is 4.74 Å². The maximum atomic E-state index is 12.1. The van der Waals surface area contributed by atoms with Crippen molar-refractivity contribution >= 4 is 16.9 Å². The maximum Gasteiger partial charge on any atom is 0.341 e. The van der Waals surface area contributed by atoms with E-state index < -0.39 is 36.5 Å². The van der Waals surface area contributed by atoms with E-state index in [1.807, 2.05) is 6.07 Å². The number of esters is 1. The average Bonchev–Trinajstić information content (AvgIpc) is 3.09. The van der Waals surface area contributed by atoms with Crippen LogP contribution in [0, 0.1) is 0 Å². The van der Waals surface area contributed by atoms with E-state index in [1.165, 1.54) is 7.11 Å². The summed E-state index contributed by atoms with van der Waals surface area (Å²) >= 11 is 0. The standard InChI is InChI=1S/C16H19NO7/c1-23-11-4-2-3-9-12(11)8(6-17-9)5-16(22)14(20)13(10(19)7-18)24-15(16)21/h2-4,6,10,13-14,17-20,22H,5,7H2,1H3/t10-,13?,14+,16-/m0/s1. The molecule has 5 N–H and O–H groups in total. The summed E-state index contributed by atoms with van der Waals surface area (Å²) in [4.78, 5) is 15.1. The number of hydrogen-bond donors (Lipinski definition) is 5. The average molecular weight is 337 g/mol. The van der Waals surface area contributed by atoms with Gasteiger partial charge in [-0.2, -0.15) is 0 Å². The van der Waals surface area contributed by atoms with E-state index in [-0.39, 0.29) is 6.42 Å². The molecule has 0 aliphatic carbocycles. The molecule has 1 fully saturated rings. The van der Waals surface area contributed by atoms with Gasteiger partial charge in [-0.15, -0.1) is 0 Å². The van der Waals surface area contributed by atoms with Crippen LogP contribution in [0.3, 0.4) is 0 Å². The van der Waals surface area contributed by atoms with Gasteiger partial charge in [-0.1, -0.05) is 6.07 Å². The van der Waals surface area contributed by atoms with Crippen LogP contribution in [0.5, 0.6) is 5.75 Å². The molecule has 1 saturated heterocycles. The predicted octanol–water partition coefficient (Wildman–Crippen LogP) is -0.910. The number of benzene rings is 1. The Bertz CT molecular complexity index is 758. The Kier molecular flexibility index (Phi) is 4.22. The van der Waals surface area contributed by atoms with Gasteiger partial charge >= 0.3 is 5.97 Å². The summed E-state index contributed by atoms with van der Waals surface area (Å²) in [7, 11) is 1.51. The molecule has 2 aromatic rings. The summed E-state index contributed by atoms with van der Waals surface area (Å²) in [6, 6.07) is 5.35. The number of carbonyl (C=O) groups excluding carboxylic acids is 1. The van der Waals surface area contributed by atoms with Gasteiger partial charge in [-0.3, -0.25) is 0 Å². The van der Waals surface area contributed by atoms with Crippen molar-refractivity contribution < 1.29 is 34.7 Å². The third kappa shape index (κ3) is 2.44. The van der Waals surface area contributed by atoms with E-state index in [0.29, 0.717) is 16.7 Å². The highest BCUT2D eigenvalue weighted by Crippen LogP contribution is 2.36. The number of aliphatic hydroxyl groups excluding tert-OH is 3. The third-order valence-corrected chi connectivity index (χ3v) is 4.39. The number of fused-ring (bicyclic) bond motifs is 1. The van der Waals surface area contributed by atoms with Gasteiger partial charge in [0.05, 0.1) is 13.7 Å². The zero-order valence-electron chi connectivity index (χ0n) is 13.0. The predicted molar refractivity (Wildman–Crippen MR) is 82.5 cm³/mol. The lowest BCUT2D eigenvalue weighted by atomic mass is 9.87. The zero-order chi connectivity index (χ0) is 17.5. The number of cyclic esters (lactones) is 1. The Hall–Kier alpha value is -2.13. The van der Waals surface area contributed by atoms with Crippen LogP contribution >= 0.6 is 0 Å². The van der Waals surface area contributed by atoms with Gasteiger partial charge in [0.15, 0.2) is 11.7 Å². The maximum absolute atomic E-state index is 12.1. The summed E-state index contributed by atoms with van der Waals surface area (Å²) in [6.07, 6.45) is -3.16.